The molecule has 0 aliphatic carbocycles. The van der Waals surface area contributed by atoms with E-state index in [1.165, 1.54) is 219 Å². The van der Waals surface area contributed by atoms with Gasteiger partial charge in [0.05, 0.1) is 13.2 Å². The molecule has 0 aromatic heterocycles. The summed E-state index contributed by atoms with van der Waals surface area (Å²) in [5, 5.41) is 18.7. The van der Waals surface area contributed by atoms with Gasteiger partial charge in [-0.2, -0.15) is 0 Å². The first-order valence-electron chi connectivity index (χ1n) is 21.9. The fraction of sp³-hybridized carbons (Fsp3) is 1.00. The van der Waals surface area contributed by atoms with Crippen molar-refractivity contribution in [3.05, 3.63) is 0 Å². The molecule has 0 saturated heterocycles. The maximum absolute atomic E-state index is 9.36. The Balaban J connectivity index is 0. The molecule has 0 amide bonds. The summed E-state index contributed by atoms with van der Waals surface area (Å²) >= 11 is 0. The van der Waals surface area contributed by atoms with Crippen LogP contribution in [-0.4, -0.2) is 72.5 Å². The van der Waals surface area contributed by atoms with Gasteiger partial charge in [0.2, 0.25) is 0 Å². The second-order valence-corrected chi connectivity index (χ2v) is 15.1. The first-order chi connectivity index (χ1) is 23.3. The minimum absolute atomic E-state index is 0. The van der Waals surface area contributed by atoms with E-state index in [0.717, 1.165) is 19.5 Å². The normalized spacial score (nSPS) is 11.6. The molecule has 0 unspecified atom stereocenters. The number of aliphatic hydroxyl groups is 2. The zero-order valence-electron chi connectivity index (χ0n) is 33.5. The predicted octanol–water partition coefficient (Wildman–Crippen LogP) is 12.7. The number of nitrogens with zero attached hydrogens (tertiary/aromatic N) is 2. The molecular weight excluding hydrogens is 590 g/mol. The SMILES string of the molecule is CCCCCCCCCCCCCCCCCCN(CCCCCCCCCCCCCCCCCC)CCCN(CCO)CCO.N. The monoisotopic (exact) mass is 684 g/mol. The highest BCUT2D eigenvalue weighted by Gasteiger charge is 2.08. The smallest absolute Gasteiger partial charge is 0.0558 e. The van der Waals surface area contributed by atoms with Crippen molar-refractivity contribution in [1.29, 1.82) is 0 Å². The quantitative estimate of drug-likeness (QED) is 0.0558. The van der Waals surface area contributed by atoms with Gasteiger partial charge in [0.15, 0.2) is 0 Å². The van der Waals surface area contributed by atoms with Gasteiger partial charge in [0.25, 0.3) is 0 Å². The van der Waals surface area contributed by atoms with Crippen LogP contribution in [0.5, 0.6) is 0 Å². The molecule has 0 spiro atoms. The number of aliphatic hydroxyl groups excluding tert-OH is 2. The molecule has 0 saturated carbocycles. The Morgan fingerprint density at radius 3 is 0.667 bits per heavy atom. The van der Waals surface area contributed by atoms with Crippen molar-refractivity contribution in [1.82, 2.24) is 16.0 Å². The fourth-order valence-electron chi connectivity index (χ4n) is 7.24. The maximum atomic E-state index is 9.36. The summed E-state index contributed by atoms with van der Waals surface area (Å²) in [5.74, 6) is 0. The lowest BCUT2D eigenvalue weighted by Crippen LogP contribution is -2.34. The van der Waals surface area contributed by atoms with Crippen LogP contribution in [0.25, 0.3) is 0 Å². The Morgan fingerprint density at radius 1 is 0.250 bits per heavy atom. The molecule has 0 heterocycles. The summed E-state index contributed by atoms with van der Waals surface area (Å²) < 4.78 is 0. The van der Waals surface area contributed by atoms with E-state index >= 15 is 0 Å². The summed E-state index contributed by atoms with van der Waals surface area (Å²) in [7, 11) is 0. The largest absolute Gasteiger partial charge is 0.395 e. The maximum Gasteiger partial charge on any atom is 0.0558 e. The van der Waals surface area contributed by atoms with Crippen LogP contribution in [0.3, 0.4) is 0 Å². The number of hydrogen-bond acceptors (Lipinski definition) is 5. The summed E-state index contributed by atoms with van der Waals surface area (Å²) in [4.78, 5) is 4.94. The van der Waals surface area contributed by atoms with E-state index < -0.39 is 0 Å². The van der Waals surface area contributed by atoms with Gasteiger partial charge >= 0.3 is 0 Å². The molecule has 0 aliphatic rings. The van der Waals surface area contributed by atoms with Crippen LogP contribution in [0, 0.1) is 0 Å². The minimum Gasteiger partial charge on any atom is -0.395 e. The first-order valence-corrected chi connectivity index (χ1v) is 21.9. The molecule has 0 atom stereocenters. The Morgan fingerprint density at radius 2 is 0.438 bits per heavy atom. The average molecular weight is 684 g/mol. The van der Waals surface area contributed by atoms with Crippen molar-refractivity contribution in [2.24, 2.45) is 0 Å². The zero-order valence-corrected chi connectivity index (χ0v) is 33.5. The lowest BCUT2D eigenvalue weighted by Gasteiger charge is -2.25. The lowest BCUT2D eigenvalue weighted by atomic mass is 10.0. The fourth-order valence-corrected chi connectivity index (χ4v) is 7.24. The molecule has 292 valence electrons. The Bertz CT molecular complexity index is 508. The minimum atomic E-state index is 0. The van der Waals surface area contributed by atoms with Crippen molar-refractivity contribution >= 4 is 0 Å². The van der Waals surface area contributed by atoms with Gasteiger partial charge in [0, 0.05) is 13.1 Å². The van der Waals surface area contributed by atoms with Crippen LogP contribution in [0.15, 0.2) is 0 Å². The molecule has 0 aliphatic heterocycles. The number of rotatable bonds is 42. The Hall–Kier alpha value is -0.200. The molecule has 0 aromatic carbocycles. The molecule has 0 fully saturated rings. The van der Waals surface area contributed by atoms with Crippen molar-refractivity contribution in [2.45, 2.75) is 226 Å². The molecule has 0 radical (unpaired) electrons. The van der Waals surface area contributed by atoms with Gasteiger partial charge in [-0.3, -0.25) is 4.90 Å². The molecular formula is C43H93N3O2. The van der Waals surface area contributed by atoms with Gasteiger partial charge in [-0.25, -0.2) is 0 Å². The van der Waals surface area contributed by atoms with Crippen LogP contribution in [0.1, 0.15) is 226 Å². The third-order valence-corrected chi connectivity index (χ3v) is 10.4. The molecule has 5 nitrogen and oxygen atoms in total. The topological polar surface area (TPSA) is 81.9 Å². The summed E-state index contributed by atoms with van der Waals surface area (Å²) in [6.45, 7) is 11.0. The second-order valence-electron chi connectivity index (χ2n) is 15.1. The predicted molar refractivity (Wildman–Crippen MR) is 216 cm³/mol. The van der Waals surface area contributed by atoms with Crippen molar-refractivity contribution < 1.29 is 10.2 Å². The van der Waals surface area contributed by atoms with Gasteiger partial charge in [-0.05, 0) is 45.4 Å². The van der Waals surface area contributed by atoms with Crippen molar-refractivity contribution in [3.63, 3.8) is 0 Å². The van der Waals surface area contributed by atoms with Crippen molar-refractivity contribution in [3.8, 4) is 0 Å². The lowest BCUT2D eigenvalue weighted by molar-refractivity contribution is 0.152. The van der Waals surface area contributed by atoms with E-state index in [1.807, 2.05) is 0 Å². The van der Waals surface area contributed by atoms with E-state index in [2.05, 4.69) is 23.6 Å². The summed E-state index contributed by atoms with van der Waals surface area (Å²) in [5.41, 5.74) is 0. The van der Waals surface area contributed by atoms with E-state index in [0.29, 0.717) is 13.1 Å². The zero-order chi connectivity index (χ0) is 34.1. The molecule has 0 aromatic rings. The van der Waals surface area contributed by atoms with Gasteiger partial charge in [-0.15, -0.1) is 0 Å². The second kappa shape index (κ2) is 44.8. The van der Waals surface area contributed by atoms with Crippen LogP contribution in [0.4, 0.5) is 0 Å². The molecule has 5 heteroatoms. The number of hydrogen-bond donors (Lipinski definition) is 3. The molecule has 48 heavy (non-hydrogen) atoms. The molecule has 5 N–H and O–H groups in total. The molecule has 0 bridgehead atoms. The Labute approximate surface area is 303 Å². The standard InChI is InChI=1S/C43H90N2O2.H3N/c1-3-5-7-9-11-13-15-17-19-21-23-25-27-29-31-33-36-44(38-35-39-45(40-42-46)41-43-47)37-34-32-30-28-26-24-22-20-18-16-14-12-10-8-6-4-2;/h46-47H,3-43H2,1-2H3;1H3. The molecule has 0 rings (SSSR count). The van der Waals surface area contributed by atoms with E-state index in [4.69, 9.17) is 0 Å². The average Bonchev–Trinajstić information content (AvgIpc) is 3.07. The van der Waals surface area contributed by atoms with Crippen LogP contribution < -0.4 is 6.15 Å². The van der Waals surface area contributed by atoms with E-state index in [1.54, 1.807) is 0 Å². The van der Waals surface area contributed by atoms with Gasteiger partial charge in [-0.1, -0.05) is 206 Å². The number of unbranched alkanes of at least 4 members (excludes halogenated alkanes) is 30. The third-order valence-electron chi connectivity index (χ3n) is 10.4. The van der Waals surface area contributed by atoms with Crippen molar-refractivity contribution in [2.75, 3.05) is 52.5 Å². The van der Waals surface area contributed by atoms with Crippen LogP contribution >= 0.6 is 0 Å². The van der Waals surface area contributed by atoms with Gasteiger partial charge in [0.1, 0.15) is 0 Å². The summed E-state index contributed by atoms with van der Waals surface area (Å²) in [6, 6.07) is 0. The highest BCUT2D eigenvalue weighted by atomic mass is 16.3. The Kier molecular flexibility index (Phi) is 46.6. The highest BCUT2D eigenvalue weighted by molar-refractivity contribution is 4.64. The third kappa shape index (κ3) is 40.2. The van der Waals surface area contributed by atoms with Crippen LogP contribution in [-0.2, 0) is 0 Å². The van der Waals surface area contributed by atoms with Gasteiger partial charge < -0.3 is 21.3 Å². The first kappa shape index (κ1) is 49.9. The van der Waals surface area contributed by atoms with E-state index in [-0.39, 0.29) is 19.4 Å². The summed E-state index contributed by atoms with van der Waals surface area (Å²) in [6.07, 6.45) is 46.9. The van der Waals surface area contributed by atoms with Crippen LogP contribution in [0.2, 0.25) is 0 Å². The van der Waals surface area contributed by atoms with E-state index in [9.17, 15) is 10.2 Å². The highest BCUT2D eigenvalue weighted by Crippen LogP contribution is 2.16.